The quantitative estimate of drug-likeness (QED) is 0.808. The first-order chi connectivity index (χ1) is 8.95. The molecule has 0 fully saturated rings. The van der Waals surface area contributed by atoms with E-state index in [2.05, 4.69) is 4.98 Å². The number of nitrogen functional groups attached to an aromatic ring is 1. The maximum atomic E-state index is 12.5. The minimum absolute atomic E-state index is 0.0921. The van der Waals surface area contributed by atoms with Gasteiger partial charge in [0, 0.05) is 19.6 Å². The summed E-state index contributed by atoms with van der Waals surface area (Å²) in [6.07, 6.45) is 2.32. The van der Waals surface area contributed by atoms with Crippen LogP contribution in [0.1, 0.15) is 23.7 Å². The molecule has 2 N–H and O–H groups in total. The Labute approximate surface area is 119 Å². The normalized spacial score (nSPS) is 10.8. The lowest BCUT2D eigenvalue weighted by molar-refractivity contribution is 0.0746. The molecule has 0 aliphatic carbocycles. The highest BCUT2D eigenvalue weighted by atomic mass is 35.5. The van der Waals surface area contributed by atoms with Gasteiger partial charge in [0.25, 0.3) is 5.91 Å². The van der Waals surface area contributed by atoms with Crippen LogP contribution in [0.2, 0.25) is 5.15 Å². The number of halogens is 1. The van der Waals surface area contributed by atoms with E-state index in [1.54, 1.807) is 4.90 Å². The molecule has 6 heteroatoms. The molecule has 0 atom stereocenters. The summed E-state index contributed by atoms with van der Waals surface area (Å²) in [5.41, 5.74) is 6.59. The Bertz CT molecular complexity index is 437. The van der Waals surface area contributed by atoms with Gasteiger partial charge in [-0.2, -0.15) is 0 Å². The van der Waals surface area contributed by atoms with Crippen molar-refractivity contribution in [3.8, 4) is 0 Å². The van der Waals surface area contributed by atoms with Gasteiger partial charge in [-0.25, -0.2) is 4.98 Å². The molecule has 0 saturated heterocycles. The Balaban J connectivity index is 2.88. The smallest absolute Gasteiger partial charge is 0.256 e. The van der Waals surface area contributed by atoms with Crippen LogP contribution in [0, 0.1) is 0 Å². The molecule has 1 amide bonds. The number of carbonyl (C=O) groups is 1. The maximum absolute atomic E-state index is 12.5. The second kappa shape index (κ2) is 7.31. The van der Waals surface area contributed by atoms with Crippen molar-refractivity contribution in [3.63, 3.8) is 0 Å². The molecule has 1 rings (SSSR count). The minimum Gasteiger partial charge on any atom is -0.397 e. The number of nitrogens with zero attached hydrogens (tertiary/aromatic N) is 3. The predicted octanol–water partition coefficient (Wildman–Crippen LogP) is 1.73. The zero-order valence-electron chi connectivity index (χ0n) is 11.7. The second-order valence-corrected chi connectivity index (χ2v) is 5.08. The van der Waals surface area contributed by atoms with E-state index in [4.69, 9.17) is 17.3 Å². The first-order valence-corrected chi connectivity index (χ1v) is 6.68. The van der Waals surface area contributed by atoms with E-state index in [0.717, 1.165) is 13.0 Å². The van der Waals surface area contributed by atoms with E-state index in [0.29, 0.717) is 24.3 Å². The zero-order chi connectivity index (χ0) is 14.4. The molecule has 0 aliphatic heterocycles. The van der Waals surface area contributed by atoms with Crippen molar-refractivity contribution in [1.82, 2.24) is 14.8 Å². The molecular formula is C13H21ClN4O. The number of nitrogens with two attached hydrogens (primary N) is 1. The van der Waals surface area contributed by atoms with Gasteiger partial charge in [-0.3, -0.25) is 4.79 Å². The van der Waals surface area contributed by atoms with Gasteiger partial charge < -0.3 is 15.5 Å². The summed E-state index contributed by atoms with van der Waals surface area (Å²) in [4.78, 5) is 20.2. The van der Waals surface area contributed by atoms with Crippen molar-refractivity contribution < 1.29 is 4.79 Å². The van der Waals surface area contributed by atoms with E-state index in [9.17, 15) is 4.79 Å². The molecule has 106 valence electrons. The van der Waals surface area contributed by atoms with Gasteiger partial charge in [-0.1, -0.05) is 18.5 Å². The molecule has 19 heavy (non-hydrogen) atoms. The lowest BCUT2D eigenvalue weighted by Crippen LogP contribution is -2.37. The number of pyridine rings is 1. The molecule has 0 spiro atoms. The Morgan fingerprint density at radius 3 is 2.63 bits per heavy atom. The fourth-order valence-corrected chi connectivity index (χ4v) is 1.86. The summed E-state index contributed by atoms with van der Waals surface area (Å²) in [5.74, 6) is -0.0921. The lowest BCUT2D eigenvalue weighted by Gasteiger charge is -2.24. The molecule has 0 aromatic carbocycles. The van der Waals surface area contributed by atoms with E-state index in [1.807, 2.05) is 25.9 Å². The number of likely N-dealkylation sites (N-methyl/N-ethyl adjacent to an activating group) is 1. The van der Waals surface area contributed by atoms with Gasteiger partial charge in [0.05, 0.1) is 17.4 Å². The van der Waals surface area contributed by atoms with Gasteiger partial charge in [0.2, 0.25) is 0 Å². The van der Waals surface area contributed by atoms with Crippen LogP contribution in [-0.4, -0.2) is 54.4 Å². The summed E-state index contributed by atoms with van der Waals surface area (Å²) in [5, 5.41) is 0.279. The molecular weight excluding hydrogens is 264 g/mol. The lowest BCUT2D eigenvalue weighted by atomic mass is 10.2. The second-order valence-electron chi connectivity index (χ2n) is 4.69. The van der Waals surface area contributed by atoms with Crippen LogP contribution in [0.5, 0.6) is 0 Å². The number of rotatable bonds is 6. The third-order valence-corrected chi connectivity index (χ3v) is 2.94. The van der Waals surface area contributed by atoms with Gasteiger partial charge in [-0.05, 0) is 26.6 Å². The molecule has 1 aromatic rings. The molecule has 1 heterocycles. The highest BCUT2D eigenvalue weighted by Crippen LogP contribution is 2.17. The molecule has 0 radical (unpaired) electrons. The highest BCUT2D eigenvalue weighted by Gasteiger charge is 2.18. The van der Waals surface area contributed by atoms with Crippen molar-refractivity contribution in [2.24, 2.45) is 0 Å². The molecule has 1 aromatic heterocycles. The van der Waals surface area contributed by atoms with Crippen LogP contribution in [0.4, 0.5) is 5.69 Å². The van der Waals surface area contributed by atoms with Crippen molar-refractivity contribution in [1.29, 1.82) is 0 Å². The summed E-state index contributed by atoms with van der Waals surface area (Å²) in [7, 11) is 3.96. The largest absolute Gasteiger partial charge is 0.397 e. The molecule has 0 unspecified atom stereocenters. The van der Waals surface area contributed by atoms with Gasteiger partial charge in [0.1, 0.15) is 5.15 Å². The maximum Gasteiger partial charge on any atom is 0.256 e. The third kappa shape index (κ3) is 4.69. The Kier molecular flexibility index (Phi) is 6.05. The van der Waals surface area contributed by atoms with Gasteiger partial charge in [-0.15, -0.1) is 0 Å². The minimum atomic E-state index is -0.0921. The Morgan fingerprint density at radius 1 is 1.37 bits per heavy atom. The molecule has 0 aliphatic rings. The monoisotopic (exact) mass is 284 g/mol. The van der Waals surface area contributed by atoms with Crippen LogP contribution in [0.15, 0.2) is 12.3 Å². The predicted molar refractivity (Wildman–Crippen MR) is 78.4 cm³/mol. The topological polar surface area (TPSA) is 62.5 Å². The van der Waals surface area contributed by atoms with Crippen molar-refractivity contribution in [2.75, 3.05) is 39.5 Å². The van der Waals surface area contributed by atoms with Crippen molar-refractivity contribution >= 4 is 23.2 Å². The average Bonchev–Trinajstić information content (AvgIpc) is 2.36. The van der Waals surface area contributed by atoms with Crippen LogP contribution >= 0.6 is 11.6 Å². The fraction of sp³-hybridized carbons (Fsp3) is 0.538. The SMILES string of the molecule is CCCN(CCN(C)C)C(=O)c1cc(Cl)ncc1N. The van der Waals surface area contributed by atoms with Crippen LogP contribution in [0.25, 0.3) is 0 Å². The van der Waals surface area contributed by atoms with Gasteiger partial charge in [0.15, 0.2) is 0 Å². The van der Waals surface area contributed by atoms with E-state index in [1.165, 1.54) is 12.3 Å². The number of carbonyl (C=O) groups excluding carboxylic acids is 1. The number of aromatic nitrogens is 1. The third-order valence-electron chi connectivity index (χ3n) is 2.73. The van der Waals surface area contributed by atoms with Gasteiger partial charge >= 0.3 is 0 Å². The van der Waals surface area contributed by atoms with E-state index < -0.39 is 0 Å². The summed E-state index contributed by atoms with van der Waals surface area (Å²) in [6.45, 7) is 4.22. The van der Waals surface area contributed by atoms with Crippen LogP contribution in [-0.2, 0) is 0 Å². The summed E-state index contributed by atoms with van der Waals surface area (Å²) in [6, 6.07) is 1.53. The van der Waals surface area contributed by atoms with Crippen LogP contribution in [0.3, 0.4) is 0 Å². The number of anilines is 1. The molecule has 0 saturated carbocycles. The summed E-state index contributed by atoms with van der Waals surface area (Å²) >= 11 is 5.82. The first-order valence-electron chi connectivity index (χ1n) is 6.30. The standard InChI is InChI=1S/C13H21ClN4O/c1-4-5-18(7-6-17(2)3)13(19)10-8-12(14)16-9-11(10)15/h8-9H,4-7,15H2,1-3H3. The zero-order valence-corrected chi connectivity index (χ0v) is 12.4. The molecule has 5 nitrogen and oxygen atoms in total. The number of amides is 1. The first kappa shape index (κ1) is 15.7. The van der Waals surface area contributed by atoms with Crippen LogP contribution < -0.4 is 5.73 Å². The summed E-state index contributed by atoms with van der Waals surface area (Å²) < 4.78 is 0. The number of hydrogen-bond acceptors (Lipinski definition) is 4. The van der Waals surface area contributed by atoms with Crippen molar-refractivity contribution in [3.05, 3.63) is 23.0 Å². The fourth-order valence-electron chi connectivity index (χ4n) is 1.70. The van der Waals surface area contributed by atoms with Crippen molar-refractivity contribution in [2.45, 2.75) is 13.3 Å². The highest BCUT2D eigenvalue weighted by molar-refractivity contribution is 6.29. The number of hydrogen-bond donors (Lipinski definition) is 1. The Hall–Kier alpha value is -1.33. The Morgan fingerprint density at radius 2 is 2.05 bits per heavy atom. The van der Waals surface area contributed by atoms with E-state index in [-0.39, 0.29) is 11.1 Å². The average molecular weight is 285 g/mol. The molecule has 0 bridgehead atoms. The van der Waals surface area contributed by atoms with E-state index >= 15 is 0 Å².